The third-order valence-electron chi connectivity index (χ3n) is 6.98. The van der Waals surface area contributed by atoms with Crippen molar-refractivity contribution in [3.8, 4) is 12.3 Å². The smallest absolute Gasteiger partial charge is 0.334 e. The molecule has 2 saturated heterocycles. The fourth-order valence-corrected chi connectivity index (χ4v) is 5.47. The molecule has 0 bridgehead atoms. The van der Waals surface area contributed by atoms with Gasteiger partial charge in [-0.3, -0.25) is 4.79 Å². The largest absolute Gasteiger partial charge is 0.459 e. The molecule has 1 spiro atoms. The first-order chi connectivity index (χ1) is 12.4. The van der Waals surface area contributed by atoms with E-state index in [9.17, 15) is 9.59 Å². The normalized spacial score (nSPS) is 43.2. The van der Waals surface area contributed by atoms with Crippen LogP contribution in [0.25, 0.3) is 0 Å². The fourth-order valence-electron chi connectivity index (χ4n) is 5.47. The molecule has 4 rings (SSSR count). The molecule has 140 valence electrons. The molecule has 4 fully saturated rings. The van der Waals surface area contributed by atoms with Crippen molar-refractivity contribution in [2.24, 2.45) is 17.3 Å². The van der Waals surface area contributed by atoms with E-state index in [1.807, 2.05) is 0 Å². The van der Waals surface area contributed by atoms with E-state index >= 15 is 0 Å². The van der Waals surface area contributed by atoms with Crippen LogP contribution in [0, 0.1) is 29.6 Å². The summed E-state index contributed by atoms with van der Waals surface area (Å²) in [5.74, 6) is 2.40. The second-order valence-electron chi connectivity index (χ2n) is 8.54. The van der Waals surface area contributed by atoms with Gasteiger partial charge in [0, 0.05) is 30.3 Å². The monoisotopic (exact) mass is 358 g/mol. The first-order valence-electron chi connectivity index (χ1n) is 9.56. The maximum absolute atomic E-state index is 12.2. The number of epoxide rings is 1. The summed E-state index contributed by atoms with van der Waals surface area (Å²) in [5, 5.41) is 0. The van der Waals surface area contributed by atoms with E-state index in [2.05, 4.69) is 19.4 Å². The second-order valence-corrected chi connectivity index (χ2v) is 8.54. The Kier molecular flexibility index (Phi) is 4.15. The summed E-state index contributed by atoms with van der Waals surface area (Å²) in [7, 11) is 0. The molecule has 0 aromatic carbocycles. The Balaban J connectivity index is 1.49. The molecule has 4 aliphatic rings. The zero-order valence-corrected chi connectivity index (χ0v) is 15.3. The van der Waals surface area contributed by atoms with Crippen molar-refractivity contribution in [3.63, 3.8) is 0 Å². The molecule has 0 aromatic rings. The van der Waals surface area contributed by atoms with Crippen molar-refractivity contribution < 1.29 is 23.8 Å². The van der Waals surface area contributed by atoms with E-state index < -0.39 is 5.60 Å². The predicted octanol–water partition coefficient (Wildman–Crippen LogP) is 2.78. The summed E-state index contributed by atoms with van der Waals surface area (Å²) >= 11 is 0. The van der Waals surface area contributed by atoms with Gasteiger partial charge in [0.2, 0.25) is 0 Å². The standard InChI is InChI=1S/C21H26O5/c1-4-5-6-7-18(22)26-17-8-9-20(3)11-15-14(13(2)19(23)25-15)10-16(20)21(17)12-24-21/h1,14-17H,2,5-12H2,3H3/t14-,15-,16-,17-,20-,21+/m1/s1. The number of fused-ring (bicyclic) bond motifs is 3. The molecule has 2 saturated carbocycles. The molecule has 2 aliphatic carbocycles. The minimum Gasteiger partial charge on any atom is -0.459 e. The molecule has 0 amide bonds. The molecule has 0 aromatic heterocycles. The summed E-state index contributed by atoms with van der Waals surface area (Å²) in [5.41, 5.74) is 0.224. The molecule has 0 radical (unpaired) electrons. The van der Waals surface area contributed by atoms with Crippen molar-refractivity contribution in [2.45, 2.75) is 69.7 Å². The highest BCUT2D eigenvalue weighted by Gasteiger charge is 2.69. The topological polar surface area (TPSA) is 65.1 Å². The number of ether oxygens (including phenoxy) is 3. The summed E-state index contributed by atoms with van der Waals surface area (Å²) < 4.78 is 17.3. The van der Waals surface area contributed by atoms with Gasteiger partial charge in [0.1, 0.15) is 17.8 Å². The highest BCUT2D eigenvalue weighted by molar-refractivity contribution is 5.90. The number of rotatable bonds is 4. The number of hydrogen-bond donors (Lipinski definition) is 0. The number of carbonyl (C=O) groups excluding carboxylic acids is 2. The fraction of sp³-hybridized carbons (Fsp3) is 0.714. The Morgan fingerprint density at radius 1 is 1.50 bits per heavy atom. The number of esters is 2. The zero-order chi connectivity index (χ0) is 18.5. The van der Waals surface area contributed by atoms with Crippen LogP contribution < -0.4 is 0 Å². The van der Waals surface area contributed by atoms with Gasteiger partial charge in [0.25, 0.3) is 0 Å². The van der Waals surface area contributed by atoms with E-state index in [1.165, 1.54) is 0 Å². The van der Waals surface area contributed by atoms with Gasteiger partial charge in [-0.05, 0) is 37.5 Å². The highest BCUT2D eigenvalue weighted by Crippen LogP contribution is 2.63. The van der Waals surface area contributed by atoms with Gasteiger partial charge in [-0.15, -0.1) is 12.3 Å². The average molecular weight is 358 g/mol. The Hall–Kier alpha value is -1.80. The predicted molar refractivity (Wildman–Crippen MR) is 93.8 cm³/mol. The van der Waals surface area contributed by atoms with Crippen LogP contribution in [-0.4, -0.2) is 36.4 Å². The van der Waals surface area contributed by atoms with Gasteiger partial charge in [0.15, 0.2) is 0 Å². The van der Waals surface area contributed by atoms with Gasteiger partial charge in [-0.1, -0.05) is 13.5 Å². The lowest BCUT2D eigenvalue weighted by Gasteiger charge is -2.53. The van der Waals surface area contributed by atoms with Crippen LogP contribution in [-0.2, 0) is 23.8 Å². The van der Waals surface area contributed by atoms with Gasteiger partial charge in [0.05, 0.1) is 6.61 Å². The molecule has 2 heterocycles. The van der Waals surface area contributed by atoms with Crippen LogP contribution >= 0.6 is 0 Å². The number of terminal acetylenes is 1. The summed E-state index contributed by atoms with van der Waals surface area (Å²) in [6.45, 7) is 6.82. The molecule has 26 heavy (non-hydrogen) atoms. The lowest BCUT2D eigenvalue weighted by Crippen LogP contribution is -2.56. The minimum atomic E-state index is -0.397. The van der Waals surface area contributed by atoms with Crippen LogP contribution in [0.1, 0.15) is 51.9 Å². The third kappa shape index (κ3) is 2.66. The molecular formula is C21H26O5. The maximum Gasteiger partial charge on any atom is 0.334 e. The Morgan fingerprint density at radius 3 is 2.96 bits per heavy atom. The average Bonchev–Trinajstić information content (AvgIpc) is 3.33. The SMILES string of the molecule is C#CCCCC(=O)O[C@@H]1CC[C@]2(C)C[C@H]3OC(=O)C(=C)[C@H]3C[C@H]2[C@@]12CO2. The Morgan fingerprint density at radius 2 is 2.27 bits per heavy atom. The van der Waals surface area contributed by atoms with Gasteiger partial charge < -0.3 is 14.2 Å². The Bertz CT molecular complexity index is 685. The van der Waals surface area contributed by atoms with E-state index in [1.54, 1.807) is 0 Å². The lowest BCUT2D eigenvalue weighted by atomic mass is 9.53. The lowest BCUT2D eigenvalue weighted by molar-refractivity contribution is -0.170. The van der Waals surface area contributed by atoms with E-state index in [-0.39, 0.29) is 41.4 Å². The molecule has 0 unspecified atom stereocenters. The number of unbranched alkanes of at least 4 members (excludes halogenated alkanes) is 1. The van der Waals surface area contributed by atoms with Crippen LogP contribution in [0.3, 0.4) is 0 Å². The van der Waals surface area contributed by atoms with Crippen molar-refractivity contribution in [3.05, 3.63) is 12.2 Å². The maximum atomic E-state index is 12.2. The first-order valence-corrected chi connectivity index (χ1v) is 9.56. The third-order valence-corrected chi connectivity index (χ3v) is 6.98. The van der Waals surface area contributed by atoms with Gasteiger partial charge >= 0.3 is 11.9 Å². The van der Waals surface area contributed by atoms with Gasteiger partial charge in [-0.2, -0.15) is 0 Å². The van der Waals surface area contributed by atoms with Crippen LogP contribution in [0.2, 0.25) is 0 Å². The van der Waals surface area contributed by atoms with E-state index in [0.717, 1.165) is 25.7 Å². The zero-order valence-electron chi connectivity index (χ0n) is 15.3. The highest BCUT2D eigenvalue weighted by atomic mass is 16.6. The molecular weight excluding hydrogens is 332 g/mol. The van der Waals surface area contributed by atoms with Crippen molar-refractivity contribution in [1.29, 1.82) is 0 Å². The molecule has 0 N–H and O–H groups in total. The minimum absolute atomic E-state index is 0.0367. The second kappa shape index (κ2) is 6.13. The number of hydrogen-bond acceptors (Lipinski definition) is 5. The Labute approximate surface area is 154 Å². The quantitative estimate of drug-likeness (QED) is 0.254. The van der Waals surface area contributed by atoms with Crippen LogP contribution in [0.5, 0.6) is 0 Å². The summed E-state index contributed by atoms with van der Waals surface area (Å²) in [6.07, 6.45) is 9.95. The number of carbonyl (C=O) groups is 2. The molecule has 2 aliphatic heterocycles. The summed E-state index contributed by atoms with van der Waals surface area (Å²) in [6, 6.07) is 0. The van der Waals surface area contributed by atoms with Crippen LogP contribution in [0.4, 0.5) is 0 Å². The molecule has 5 heteroatoms. The van der Waals surface area contributed by atoms with E-state index in [4.69, 9.17) is 20.6 Å². The summed E-state index contributed by atoms with van der Waals surface area (Å²) in [4.78, 5) is 24.1. The van der Waals surface area contributed by atoms with Crippen molar-refractivity contribution in [1.82, 2.24) is 0 Å². The van der Waals surface area contributed by atoms with Crippen molar-refractivity contribution in [2.75, 3.05) is 6.61 Å². The van der Waals surface area contributed by atoms with Crippen molar-refractivity contribution >= 4 is 11.9 Å². The van der Waals surface area contributed by atoms with Gasteiger partial charge in [-0.25, -0.2) is 4.79 Å². The van der Waals surface area contributed by atoms with E-state index in [0.29, 0.717) is 31.4 Å². The molecule has 6 atom stereocenters. The molecule has 5 nitrogen and oxygen atoms in total. The first kappa shape index (κ1) is 17.6. The van der Waals surface area contributed by atoms with Crippen LogP contribution in [0.15, 0.2) is 12.2 Å².